The molecule has 4 amide bonds. The van der Waals surface area contributed by atoms with Gasteiger partial charge in [0, 0.05) is 34.4 Å². The molecular formula is C20H17BrN4O5. The summed E-state index contributed by atoms with van der Waals surface area (Å²) in [5.74, 6) is -0.946. The van der Waals surface area contributed by atoms with E-state index in [9.17, 15) is 24.5 Å². The van der Waals surface area contributed by atoms with E-state index in [2.05, 4.69) is 21.2 Å². The van der Waals surface area contributed by atoms with Crippen LogP contribution in [0.3, 0.4) is 0 Å². The number of anilines is 1. The van der Waals surface area contributed by atoms with Crippen molar-refractivity contribution in [3.8, 4) is 0 Å². The molecule has 0 aliphatic carbocycles. The van der Waals surface area contributed by atoms with Gasteiger partial charge in [-0.15, -0.1) is 0 Å². The van der Waals surface area contributed by atoms with Crippen LogP contribution >= 0.6 is 15.9 Å². The average Bonchev–Trinajstić information content (AvgIpc) is 3.22. The van der Waals surface area contributed by atoms with Gasteiger partial charge in [0.05, 0.1) is 4.92 Å². The SMILES string of the molecule is CC1(c2ccccc2Br)NC(=O)N(CC(=O)N2CCc3cc([N+](=O)[O-])ccc32)C1=O. The quantitative estimate of drug-likeness (QED) is 0.417. The maximum absolute atomic E-state index is 13.1. The van der Waals surface area contributed by atoms with E-state index < -0.39 is 34.9 Å². The highest BCUT2D eigenvalue weighted by molar-refractivity contribution is 9.10. The molecule has 30 heavy (non-hydrogen) atoms. The average molecular weight is 473 g/mol. The van der Waals surface area contributed by atoms with E-state index in [4.69, 9.17) is 0 Å². The van der Waals surface area contributed by atoms with Gasteiger partial charge in [0.25, 0.3) is 11.6 Å². The van der Waals surface area contributed by atoms with Crippen molar-refractivity contribution < 1.29 is 19.3 Å². The lowest BCUT2D eigenvalue weighted by Gasteiger charge is -2.24. The second-order valence-electron chi connectivity index (χ2n) is 7.29. The van der Waals surface area contributed by atoms with Crippen LogP contribution in [0.25, 0.3) is 0 Å². The Morgan fingerprint density at radius 3 is 2.70 bits per heavy atom. The lowest BCUT2D eigenvalue weighted by Crippen LogP contribution is -2.44. The predicted molar refractivity (Wildman–Crippen MR) is 111 cm³/mol. The molecule has 0 radical (unpaired) electrons. The molecular weight excluding hydrogens is 456 g/mol. The number of nitro groups is 1. The maximum atomic E-state index is 13.1. The van der Waals surface area contributed by atoms with Crippen LogP contribution in [0.4, 0.5) is 16.2 Å². The van der Waals surface area contributed by atoms with Crippen molar-refractivity contribution in [2.24, 2.45) is 0 Å². The third-order valence-electron chi connectivity index (χ3n) is 5.45. The Bertz CT molecular complexity index is 1100. The number of nitrogens with zero attached hydrogens (tertiary/aromatic N) is 3. The standard InChI is InChI=1S/C20H17BrN4O5/c1-20(14-4-2-3-5-15(14)21)18(27)24(19(28)22-20)11-17(26)23-9-8-12-10-13(25(29)30)6-7-16(12)23/h2-7,10H,8-9,11H2,1H3,(H,22,28). The molecule has 1 fully saturated rings. The fourth-order valence-corrected chi connectivity index (χ4v) is 4.55. The third-order valence-corrected chi connectivity index (χ3v) is 6.14. The fraction of sp³-hybridized carbons (Fsp3) is 0.250. The second kappa shape index (κ2) is 7.21. The number of rotatable bonds is 4. The minimum atomic E-state index is -1.29. The van der Waals surface area contributed by atoms with Crippen LogP contribution in [-0.2, 0) is 21.5 Å². The second-order valence-corrected chi connectivity index (χ2v) is 8.15. The van der Waals surface area contributed by atoms with Gasteiger partial charge in [-0.05, 0) is 31.0 Å². The zero-order valence-electron chi connectivity index (χ0n) is 15.9. The van der Waals surface area contributed by atoms with E-state index in [1.165, 1.54) is 23.1 Å². The van der Waals surface area contributed by atoms with Gasteiger partial charge in [-0.2, -0.15) is 0 Å². The maximum Gasteiger partial charge on any atom is 0.325 e. The number of fused-ring (bicyclic) bond motifs is 1. The lowest BCUT2D eigenvalue weighted by atomic mass is 9.92. The van der Waals surface area contributed by atoms with Crippen molar-refractivity contribution in [2.45, 2.75) is 18.9 Å². The summed E-state index contributed by atoms with van der Waals surface area (Å²) in [6.07, 6.45) is 0.470. The van der Waals surface area contributed by atoms with Crippen LogP contribution in [0.2, 0.25) is 0 Å². The first-order chi connectivity index (χ1) is 14.2. The molecule has 4 rings (SSSR count). The van der Waals surface area contributed by atoms with E-state index in [1.807, 2.05) is 0 Å². The van der Waals surface area contributed by atoms with Crippen LogP contribution < -0.4 is 10.2 Å². The first kappa shape index (κ1) is 20.0. The van der Waals surface area contributed by atoms with Gasteiger partial charge in [0.15, 0.2) is 0 Å². The summed E-state index contributed by atoms with van der Waals surface area (Å²) in [7, 11) is 0. The molecule has 0 saturated carbocycles. The summed E-state index contributed by atoms with van der Waals surface area (Å²) in [6, 6.07) is 10.7. The van der Waals surface area contributed by atoms with Gasteiger partial charge in [-0.1, -0.05) is 34.1 Å². The van der Waals surface area contributed by atoms with Gasteiger partial charge in [0.1, 0.15) is 12.1 Å². The van der Waals surface area contributed by atoms with Crippen molar-refractivity contribution >= 4 is 45.2 Å². The van der Waals surface area contributed by atoms with Crippen LogP contribution in [0.1, 0.15) is 18.1 Å². The first-order valence-corrected chi connectivity index (χ1v) is 9.98. The number of carbonyl (C=O) groups excluding carboxylic acids is 3. The Labute approximate surface area is 179 Å². The van der Waals surface area contributed by atoms with E-state index in [0.29, 0.717) is 34.3 Å². The van der Waals surface area contributed by atoms with Crippen molar-refractivity contribution in [1.82, 2.24) is 10.2 Å². The summed E-state index contributed by atoms with van der Waals surface area (Å²) in [5.41, 5.74) is 0.513. The minimum Gasteiger partial charge on any atom is -0.319 e. The number of non-ortho nitro benzene ring substituents is 1. The molecule has 2 aromatic carbocycles. The third kappa shape index (κ3) is 3.13. The van der Waals surface area contributed by atoms with E-state index in [-0.39, 0.29) is 5.69 Å². The largest absolute Gasteiger partial charge is 0.325 e. The van der Waals surface area contributed by atoms with E-state index in [0.717, 1.165) is 4.90 Å². The monoisotopic (exact) mass is 472 g/mol. The van der Waals surface area contributed by atoms with Crippen molar-refractivity contribution in [1.29, 1.82) is 0 Å². The van der Waals surface area contributed by atoms with Gasteiger partial charge in [-0.3, -0.25) is 24.6 Å². The van der Waals surface area contributed by atoms with Crippen LogP contribution in [0.5, 0.6) is 0 Å². The summed E-state index contributed by atoms with van der Waals surface area (Å²) < 4.78 is 0.671. The lowest BCUT2D eigenvalue weighted by molar-refractivity contribution is -0.384. The highest BCUT2D eigenvalue weighted by atomic mass is 79.9. The number of nitro benzene ring substituents is 1. The molecule has 1 unspecified atom stereocenters. The molecule has 2 aromatic rings. The Balaban J connectivity index is 1.55. The van der Waals surface area contributed by atoms with Crippen LogP contribution in [0, 0.1) is 10.1 Å². The smallest absolute Gasteiger partial charge is 0.319 e. The molecule has 0 aromatic heterocycles. The summed E-state index contributed by atoms with van der Waals surface area (Å²) >= 11 is 3.40. The molecule has 0 bridgehead atoms. The zero-order valence-corrected chi connectivity index (χ0v) is 17.5. The molecule has 9 nitrogen and oxygen atoms in total. The number of urea groups is 1. The van der Waals surface area contributed by atoms with Gasteiger partial charge < -0.3 is 10.2 Å². The number of amides is 4. The minimum absolute atomic E-state index is 0.0404. The molecule has 0 spiro atoms. The molecule has 1 atom stereocenters. The molecule has 154 valence electrons. The molecule has 1 saturated heterocycles. The highest BCUT2D eigenvalue weighted by Gasteiger charge is 2.50. The zero-order chi connectivity index (χ0) is 21.6. The number of hydrogen-bond donors (Lipinski definition) is 1. The van der Waals surface area contributed by atoms with Crippen molar-refractivity contribution in [3.63, 3.8) is 0 Å². The Morgan fingerprint density at radius 2 is 2.00 bits per heavy atom. The summed E-state index contributed by atoms with van der Waals surface area (Å²) in [6.45, 7) is 1.52. The molecule has 2 aliphatic rings. The normalized spacial score (nSPS) is 20.3. The Hall–Kier alpha value is -3.27. The summed E-state index contributed by atoms with van der Waals surface area (Å²) in [5, 5.41) is 13.6. The van der Waals surface area contributed by atoms with Crippen LogP contribution in [0.15, 0.2) is 46.9 Å². The number of halogens is 1. The predicted octanol–water partition coefficient (Wildman–Crippen LogP) is 2.71. The number of imide groups is 1. The van der Waals surface area contributed by atoms with Crippen LogP contribution in [-0.4, -0.2) is 40.8 Å². The number of carbonyl (C=O) groups is 3. The van der Waals surface area contributed by atoms with E-state index in [1.54, 1.807) is 31.2 Å². The number of hydrogen-bond acceptors (Lipinski definition) is 5. The topological polar surface area (TPSA) is 113 Å². The Kier molecular flexibility index (Phi) is 4.81. The molecule has 2 aliphatic heterocycles. The highest BCUT2D eigenvalue weighted by Crippen LogP contribution is 2.35. The molecule has 10 heteroatoms. The summed E-state index contributed by atoms with van der Waals surface area (Å²) in [4.78, 5) is 51.3. The van der Waals surface area contributed by atoms with Crippen molar-refractivity contribution in [3.05, 3.63) is 68.2 Å². The van der Waals surface area contributed by atoms with Gasteiger partial charge >= 0.3 is 6.03 Å². The number of nitrogens with one attached hydrogen (secondary N) is 1. The van der Waals surface area contributed by atoms with E-state index >= 15 is 0 Å². The Morgan fingerprint density at radius 1 is 1.27 bits per heavy atom. The number of benzene rings is 2. The van der Waals surface area contributed by atoms with Crippen molar-refractivity contribution in [2.75, 3.05) is 18.0 Å². The van der Waals surface area contributed by atoms with Gasteiger partial charge in [-0.25, -0.2) is 4.79 Å². The first-order valence-electron chi connectivity index (χ1n) is 9.19. The van der Waals surface area contributed by atoms with Gasteiger partial charge in [0.2, 0.25) is 5.91 Å². The molecule has 1 N–H and O–H groups in total. The fourth-order valence-electron chi connectivity index (χ4n) is 3.87. The molecule has 2 heterocycles.